The van der Waals surface area contributed by atoms with Crippen LogP contribution in [-0.2, 0) is 11.2 Å². The molecule has 5 nitrogen and oxygen atoms in total. The van der Waals surface area contributed by atoms with Crippen LogP contribution in [0.2, 0.25) is 5.02 Å². The minimum absolute atomic E-state index is 0.0714. The SMILES string of the molecule is O=C([C@@H]1Cc2cc(Cl)ccc2O1)N1CCC[C@@H](n2ccnc2)C1. The highest BCUT2D eigenvalue weighted by Gasteiger charge is 2.34. The minimum Gasteiger partial charge on any atom is -0.480 e. The number of halogens is 1. The molecule has 1 amide bonds. The summed E-state index contributed by atoms with van der Waals surface area (Å²) in [6, 6.07) is 5.82. The number of fused-ring (bicyclic) bond motifs is 1. The Balaban J connectivity index is 1.45. The van der Waals surface area contributed by atoms with Crippen LogP contribution in [0.1, 0.15) is 24.4 Å². The molecule has 2 aliphatic heterocycles. The Labute approximate surface area is 139 Å². The summed E-state index contributed by atoms with van der Waals surface area (Å²) >= 11 is 6.02. The molecule has 0 N–H and O–H groups in total. The van der Waals surface area contributed by atoms with Crippen molar-refractivity contribution in [1.29, 1.82) is 0 Å². The van der Waals surface area contributed by atoms with Gasteiger partial charge in [-0.25, -0.2) is 4.98 Å². The van der Waals surface area contributed by atoms with Crippen LogP contribution in [0.15, 0.2) is 36.9 Å². The first kappa shape index (κ1) is 14.6. The standard InChI is InChI=1S/C17H18ClN3O2/c18-13-3-4-15-12(8-13)9-16(23-15)17(22)20-6-1-2-14(10-20)21-7-5-19-11-21/h3-5,7-8,11,14,16H,1-2,6,9-10H2/t14-,16+/m1/s1. The summed E-state index contributed by atoms with van der Waals surface area (Å²) in [4.78, 5) is 18.8. The Morgan fingerprint density at radius 1 is 1.39 bits per heavy atom. The highest BCUT2D eigenvalue weighted by Crippen LogP contribution is 2.32. The smallest absolute Gasteiger partial charge is 0.264 e. The summed E-state index contributed by atoms with van der Waals surface area (Å²) in [5.41, 5.74) is 1.01. The molecule has 0 bridgehead atoms. The normalized spacial score (nSPS) is 23.4. The van der Waals surface area contributed by atoms with Crippen molar-refractivity contribution < 1.29 is 9.53 Å². The zero-order valence-electron chi connectivity index (χ0n) is 12.7. The fourth-order valence-electron chi connectivity index (χ4n) is 3.44. The quantitative estimate of drug-likeness (QED) is 0.850. The summed E-state index contributed by atoms with van der Waals surface area (Å²) in [7, 11) is 0. The molecular formula is C17H18ClN3O2. The summed E-state index contributed by atoms with van der Waals surface area (Å²) in [5.74, 6) is 0.845. The lowest BCUT2D eigenvalue weighted by atomic mass is 10.0. The first-order chi connectivity index (χ1) is 11.2. The summed E-state index contributed by atoms with van der Waals surface area (Å²) in [6.07, 6.45) is 7.81. The molecule has 0 aliphatic carbocycles. The molecule has 2 aromatic rings. The van der Waals surface area contributed by atoms with Crippen LogP contribution >= 0.6 is 11.6 Å². The number of ether oxygens (including phenoxy) is 1. The zero-order chi connectivity index (χ0) is 15.8. The number of benzene rings is 1. The van der Waals surface area contributed by atoms with Crippen molar-refractivity contribution in [3.8, 4) is 5.75 Å². The average Bonchev–Trinajstić information content (AvgIpc) is 3.23. The van der Waals surface area contributed by atoms with Crippen molar-refractivity contribution in [3.63, 3.8) is 0 Å². The number of aromatic nitrogens is 2. The Bertz CT molecular complexity index is 717. The molecule has 1 saturated heterocycles. The fraction of sp³-hybridized carbons (Fsp3) is 0.412. The molecule has 2 aliphatic rings. The highest BCUT2D eigenvalue weighted by molar-refractivity contribution is 6.30. The number of hydrogen-bond acceptors (Lipinski definition) is 3. The predicted molar refractivity (Wildman–Crippen MR) is 86.7 cm³/mol. The lowest BCUT2D eigenvalue weighted by Crippen LogP contribution is -2.46. The molecule has 2 atom stereocenters. The van der Waals surface area contributed by atoms with E-state index in [4.69, 9.17) is 16.3 Å². The fourth-order valence-corrected chi connectivity index (χ4v) is 3.64. The van der Waals surface area contributed by atoms with Gasteiger partial charge in [-0.05, 0) is 36.6 Å². The Kier molecular flexibility index (Phi) is 3.73. The second kappa shape index (κ2) is 5.89. The highest BCUT2D eigenvalue weighted by atomic mass is 35.5. The first-order valence-corrected chi connectivity index (χ1v) is 8.30. The van der Waals surface area contributed by atoms with Crippen LogP contribution in [0.4, 0.5) is 0 Å². The van der Waals surface area contributed by atoms with Crippen molar-refractivity contribution in [2.45, 2.75) is 31.4 Å². The lowest BCUT2D eigenvalue weighted by molar-refractivity contribution is -0.139. The Morgan fingerprint density at radius 2 is 2.30 bits per heavy atom. The molecule has 0 unspecified atom stereocenters. The van der Waals surface area contributed by atoms with Crippen molar-refractivity contribution in [2.24, 2.45) is 0 Å². The van der Waals surface area contributed by atoms with Gasteiger partial charge in [-0.15, -0.1) is 0 Å². The van der Waals surface area contributed by atoms with Gasteiger partial charge < -0.3 is 14.2 Å². The lowest BCUT2D eigenvalue weighted by Gasteiger charge is -2.34. The van der Waals surface area contributed by atoms with E-state index in [0.717, 1.165) is 30.7 Å². The van der Waals surface area contributed by atoms with E-state index < -0.39 is 6.10 Å². The van der Waals surface area contributed by atoms with Gasteiger partial charge in [0.2, 0.25) is 0 Å². The largest absolute Gasteiger partial charge is 0.480 e. The maximum absolute atomic E-state index is 12.8. The molecule has 3 heterocycles. The van der Waals surface area contributed by atoms with Crippen LogP contribution < -0.4 is 4.74 Å². The third-order valence-electron chi connectivity index (χ3n) is 4.63. The van der Waals surface area contributed by atoms with E-state index in [-0.39, 0.29) is 5.91 Å². The van der Waals surface area contributed by atoms with Crippen molar-refractivity contribution in [3.05, 3.63) is 47.5 Å². The maximum Gasteiger partial charge on any atom is 0.264 e. The number of carbonyl (C=O) groups is 1. The molecule has 4 rings (SSSR count). The molecule has 1 aromatic carbocycles. The average molecular weight is 332 g/mol. The van der Waals surface area contributed by atoms with E-state index in [2.05, 4.69) is 9.55 Å². The third-order valence-corrected chi connectivity index (χ3v) is 4.86. The van der Waals surface area contributed by atoms with Gasteiger partial charge in [-0.2, -0.15) is 0 Å². The molecule has 1 fully saturated rings. The Morgan fingerprint density at radius 3 is 3.13 bits per heavy atom. The van der Waals surface area contributed by atoms with E-state index in [0.29, 0.717) is 24.0 Å². The molecule has 0 saturated carbocycles. The first-order valence-electron chi connectivity index (χ1n) is 7.92. The minimum atomic E-state index is -0.426. The van der Waals surface area contributed by atoms with Gasteiger partial charge in [-0.1, -0.05) is 11.6 Å². The van der Waals surface area contributed by atoms with Gasteiger partial charge in [0.25, 0.3) is 5.91 Å². The zero-order valence-corrected chi connectivity index (χ0v) is 13.4. The van der Waals surface area contributed by atoms with Gasteiger partial charge in [0.05, 0.1) is 12.4 Å². The van der Waals surface area contributed by atoms with Crippen LogP contribution in [0.25, 0.3) is 0 Å². The second-order valence-corrected chi connectivity index (χ2v) is 6.59. The van der Waals surface area contributed by atoms with Gasteiger partial charge in [0.1, 0.15) is 5.75 Å². The van der Waals surface area contributed by atoms with E-state index in [1.54, 1.807) is 12.3 Å². The molecule has 0 spiro atoms. The van der Waals surface area contributed by atoms with Gasteiger partial charge in [0, 0.05) is 36.9 Å². The van der Waals surface area contributed by atoms with Crippen LogP contribution in [0.5, 0.6) is 5.75 Å². The summed E-state index contributed by atoms with van der Waals surface area (Å²) < 4.78 is 7.92. The van der Waals surface area contributed by atoms with Crippen LogP contribution in [0, 0.1) is 0 Å². The maximum atomic E-state index is 12.8. The number of amides is 1. The van der Waals surface area contributed by atoms with Gasteiger partial charge in [-0.3, -0.25) is 4.79 Å². The molecule has 1 aromatic heterocycles. The molecular weight excluding hydrogens is 314 g/mol. The second-order valence-electron chi connectivity index (χ2n) is 6.15. The summed E-state index contributed by atoms with van der Waals surface area (Å²) in [5, 5.41) is 0.679. The number of likely N-dealkylation sites (tertiary alicyclic amines) is 1. The molecule has 6 heteroatoms. The topological polar surface area (TPSA) is 47.4 Å². The number of piperidine rings is 1. The van der Waals surface area contributed by atoms with Gasteiger partial charge >= 0.3 is 0 Å². The number of nitrogens with zero attached hydrogens (tertiary/aromatic N) is 3. The number of imidazole rings is 1. The monoisotopic (exact) mass is 331 g/mol. The molecule has 0 radical (unpaired) electrons. The van der Waals surface area contributed by atoms with Crippen molar-refractivity contribution in [2.75, 3.05) is 13.1 Å². The predicted octanol–water partition coefficient (Wildman–Crippen LogP) is 2.70. The van der Waals surface area contributed by atoms with Crippen LogP contribution in [0.3, 0.4) is 0 Å². The Hall–Kier alpha value is -2.01. The third kappa shape index (κ3) is 2.81. The van der Waals surface area contributed by atoms with E-state index >= 15 is 0 Å². The number of hydrogen-bond donors (Lipinski definition) is 0. The van der Waals surface area contributed by atoms with Gasteiger partial charge in [0.15, 0.2) is 6.10 Å². The summed E-state index contributed by atoms with van der Waals surface area (Å²) in [6.45, 7) is 1.51. The van der Waals surface area contributed by atoms with Crippen LogP contribution in [-0.4, -0.2) is 39.6 Å². The van der Waals surface area contributed by atoms with E-state index in [1.807, 2.05) is 29.6 Å². The molecule has 23 heavy (non-hydrogen) atoms. The van der Waals surface area contributed by atoms with E-state index in [1.165, 1.54) is 0 Å². The molecule has 120 valence electrons. The van der Waals surface area contributed by atoms with Crippen molar-refractivity contribution >= 4 is 17.5 Å². The number of carbonyl (C=O) groups excluding carboxylic acids is 1. The number of rotatable bonds is 2. The van der Waals surface area contributed by atoms with E-state index in [9.17, 15) is 4.79 Å². The van der Waals surface area contributed by atoms with Crippen molar-refractivity contribution in [1.82, 2.24) is 14.5 Å².